The highest BCUT2D eigenvalue weighted by molar-refractivity contribution is 5.76. The van der Waals surface area contributed by atoms with Crippen LogP contribution in [0.2, 0.25) is 0 Å². The standard InChI is InChI=1S/C6H8F4N2/c1-4(11)12-2-5(7,8)6(9,10)3-12/h11H,2-3H2,1H3. The quantitative estimate of drug-likeness (QED) is 0.345. The van der Waals surface area contributed by atoms with Crippen LogP contribution in [0, 0.1) is 5.41 Å². The summed E-state index contributed by atoms with van der Waals surface area (Å²) in [5.41, 5.74) is 0. The first-order chi connectivity index (χ1) is 5.26. The molecule has 0 aromatic carbocycles. The molecule has 6 heteroatoms. The van der Waals surface area contributed by atoms with Crippen molar-refractivity contribution in [3.63, 3.8) is 0 Å². The SMILES string of the molecule is CC(=N)N1CC(F)(F)C(F)(F)C1. The number of hydrogen-bond donors (Lipinski definition) is 1. The van der Waals surface area contributed by atoms with Gasteiger partial charge in [-0.05, 0) is 6.92 Å². The molecule has 70 valence electrons. The molecule has 0 bridgehead atoms. The highest BCUT2D eigenvalue weighted by Gasteiger charge is 2.63. The van der Waals surface area contributed by atoms with Crippen LogP contribution < -0.4 is 0 Å². The van der Waals surface area contributed by atoms with Crippen LogP contribution in [0.1, 0.15) is 6.92 Å². The number of likely N-dealkylation sites (tertiary alicyclic amines) is 1. The Hall–Kier alpha value is -0.810. The topological polar surface area (TPSA) is 27.1 Å². The average molecular weight is 184 g/mol. The summed E-state index contributed by atoms with van der Waals surface area (Å²) in [6.45, 7) is -0.915. The molecule has 1 N–H and O–H groups in total. The Balaban J connectivity index is 2.81. The Labute approximate surface area is 66.7 Å². The smallest absolute Gasteiger partial charge is 0.329 e. The maximum absolute atomic E-state index is 12.4. The largest absolute Gasteiger partial charge is 0.348 e. The van der Waals surface area contributed by atoms with Crippen molar-refractivity contribution in [2.75, 3.05) is 13.1 Å². The lowest BCUT2D eigenvalue weighted by Crippen LogP contribution is -2.38. The molecule has 1 aliphatic rings. The molecule has 0 aromatic rings. The second-order valence-corrected chi connectivity index (χ2v) is 2.85. The van der Waals surface area contributed by atoms with Crippen molar-refractivity contribution in [1.29, 1.82) is 5.41 Å². The van der Waals surface area contributed by atoms with Gasteiger partial charge in [0.2, 0.25) is 0 Å². The summed E-state index contributed by atoms with van der Waals surface area (Å²) < 4.78 is 49.8. The van der Waals surface area contributed by atoms with Crippen molar-refractivity contribution in [3.05, 3.63) is 0 Å². The maximum atomic E-state index is 12.4. The molecule has 1 heterocycles. The van der Waals surface area contributed by atoms with E-state index in [-0.39, 0.29) is 5.84 Å². The molecule has 0 unspecified atom stereocenters. The van der Waals surface area contributed by atoms with Crippen molar-refractivity contribution < 1.29 is 17.6 Å². The summed E-state index contributed by atoms with van der Waals surface area (Å²) in [4.78, 5) is 0.667. The van der Waals surface area contributed by atoms with E-state index in [2.05, 4.69) is 0 Å². The predicted molar refractivity (Wildman–Crippen MR) is 34.9 cm³/mol. The number of alkyl halides is 4. The molecule has 12 heavy (non-hydrogen) atoms. The van der Waals surface area contributed by atoms with E-state index in [0.29, 0.717) is 4.90 Å². The first-order valence-corrected chi connectivity index (χ1v) is 3.32. The van der Waals surface area contributed by atoms with Crippen molar-refractivity contribution in [3.8, 4) is 0 Å². The highest BCUT2D eigenvalue weighted by Crippen LogP contribution is 2.40. The van der Waals surface area contributed by atoms with Gasteiger partial charge in [-0.3, -0.25) is 5.41 Å². The fourth-order valence-electron chi connectivity index (χ4n) is 1.00. The van der Waals surface area contributed by atoms with Gasteiger partial charge in [0.15, 0.2) is 0 Å². The Bertz CT molecular complexity index is 198. The third-order valence-electron chi connectivity index (χ3n) is 1.79. The van der Waals surface area contributed by atoms with E-state index >= 15 is 0 Å². The van der Waals surface area contributed by atoms with Crippen LogP contribution in [0.5, 0.6) is 0 Å². The Morgan fingerprint density at radius 1 is 1.17 bits per heavy atom. The molecular formula is C6H8F4N2. The van der Waals surface area contributed by atoms with E-state index in [9.17, 15) is 17.6 Å². The van der Waals surface area contributed by atoms with Crippen LogP contribution in [-0.2, 0) is 0 Å². The molecule has 1 fully saturated rings. The lowest BCUT2D eigenvalue weighted by atomic mass is 10.2. The van der Waals surface area contributed by atoms with Gasteiger partial charge in [0.1, 0.15) is 0 Å². The van der Waals surface area contributed by atoms with Crippen molar-refractivity contribution in [2.45, 2.75) is 18.8 Å². The number of nitrogens with zero attached hydrogens (tertiary/aromatic N) is 1. The summed E-state index contributed by atoms with van der Waals surface area (Å²) in [7, 11) is 0. The summed E-state index contributed by atoms with van der Waals surface area (Å²) in [6.07, 6.45) is 0. The first kappa shape index (κ1) is 9.28. The van der Waals surface area contributed by atoms with Gasteiger partial charge < -0.3 is 4.90 Å². The van der Waals surface area contributed by atoms with Gasteiger partial charge >= 0.3 is 11.8 Å². The van der Waals surface area contributed by atoms with Gasteiger partial charge in [0.25, 0.3) is 0 Å². The van der Waals surface area contributed by atoms with E-state index in [0.717, 1.165) is 0 Å². The second kappa shape index (κ2) is 2.34. The summed E-state index contributed by atoms with van der Waals surface area (Å²) in [5, 5.41) is 6.90. The summed E-state index contributed by atoms with van der Waals surface area (Å²) in [6, 6.07) is 0. The molecule has 0 amide bonds. The number of halogens is 4. The fraction of sp³-hybridized carbons (Fsp3) is 0.833. The zero-order valence-electron chi connectivity index (χ0n) is 6.37. The van der Waals surface area contributed by atoms with Crippen LogP contribution in [0.15, 0.2) is 0 Å². The first-order valence-electron chi connectivity index (χ1n) is 3.32. The van der Waals surface area contributed by atoms with Gasteiger partial charge in [0.05, 0.1) is 18.9 Å². The molecule has 0 aromatic heterocycles. The van der Waals surface area contributed by atoms with Crippen molar-refractivity contribution in [1.82, 2.24) is 4.90 Å². The summed E-state index contributed by atoms with van der Waals surface area (Å²) >= 11 is 0. The molecule has 0 spiro atoms. The molecule has 1 saturated heterocycles. The molecular weight excluding hydrogens is 176 g/mol. The zero-order valence-corrected chi connectivity index (χ0v) is 6.37. The Morgan fingerprint density at radius 2 is 1.50 bits per heavy atom. The van der Waals surface area contributed by atoms with Gasteiger partial charge in [-0.25, -0.2) is 0 Å². The monoisotopic (exact) mass is 184 g/mol. The Kier molecular flexibility index (Phi) is 1.81. The maximum Gasteiger partial charge on any atom is 0.329 e. The van der Waals surface area contributed by atoms with Crippen molar-refractivity contribution in [2.24, 2.45) is 0 Å². The molecule has 2 nitrogen and oxygen atoms in total. The number of rotatable bonds is 0. The van der Waals surface area contributed by atoms with Gasteiger partial charge in [-0.1, -0.05) is 0 Å². The Morgan fingerprint density at radius 3 is 1.67 bits per heavy atom. The van der Waals surface area contributed by atoms with Gasteiger partial charge in [-0.15, -0.1) is 0 Å². The lowest BCUT2D eigenvalue weighted by Gasteiger charge is -2.14. The number of nitrogens with one attached hydrogen (secondary N) is 1. The molecule has 1 rings (SSSR count). The summed E-state index contributed by atoms with van der Waals surface area (Å²) in [5.74, 6) is -8.27. The van der Waals surface area contributed by atoms with Crippen LogP contribution in [0.3, 0.4) is 0 Å². The lowest BCUT2D eigenvalue weighted by molar-refractivity contribution is -0.172. The van der Waals surface area contributed by atoms with E-state index in [1.165, 1.54) is 6.92 Å². The van der Waals surface area contributed by atoms with E-state index in [1.54, 1.807) is 0 Å². The molecule has 0 aliphatic carbocycles. The van der Waals surface area contributed by atoms with E-state index in [1.807, 2.05) is 0 Å². The second-order valence-electron chi connectivity index (χ2n) is 2.85. The van der Waals surface area contributed by atoms with Crippen LogP contribution in [0.4, 0.5) is 17.6 Å². The predicted octanol–water partition coefficient (Wildman–Crippen LogP) is 1.57. The normalized spacial score (nSPS) is 25.9. The average Bonchev–Trinajstić information content (AvgIpc) is 2.03. The minimum atomic E-state index is -4.00. The van der Waals surface area contributed by atoms with Gasteiger partial charge in [-0.2, -0.15) is 17.6 Å². The van der Waals surface area contributed by atoms with Crippen molar-refractivity contribution >= 4 is 5.84 Å². The minimum Gasteiger partial charge on any atom is -0.348 e. The zero-order chi connectivity index (χ0) is 9.57. The number of amidine groups is 1. The number of hydrogen-bond acceptors (Lipinski definition) is 1. The van der Waals surface area contributed by atoms with Crippen LogP contribution in [0.25, 0.3) is 0 Å². The molecule has 0 saturated carbocycles. The molecule has 0 atom stereocenters. The van der Waals surface area contributed by atoms with E-state index < -0.39 is 24.9 Å². The fourth-order valence-corrected chi connectivity index (χ4v) is 1.00. The highest BCUT2D eigenvalue weighted by atomic mass is 19.3. The van der Waals surface area contributed by atoms with Crippen LogP contribution in [-0.4, -0.2) is 35.7 Å². The van der Waals surface area contributed by atoms with Crippen LogP contribution >= 0.6 is 0 Å². The van der Waals surface area contributed by atoms with Gasteiger partial charge in [0, 0.05) is 0 Å². The van der Waals surface area contributed by atoms with E-state index in [4.69, 9.17) is 5.41 Å². The molecule has 1 aliphatic heterocycles. The minimum absolute atomic E-state index is 0.258. The third-order valence-corrected chi connectivity index (χ3v) is 1.79. The molecule has 0 radical (unpaired) electrons. The third kappa shape index (κ3) is 1.25.